The summed E-state index contributed by atoms with van der Waals surface area (Å²) in [6.45, 7) is 1.12. The maximum absolute atomic E-state index is 13.0. The Morgan fingerprint density at radius 2 is 2.18 bits per heavy atom. The molecule has 142 valence electrons. The van der Waals surface area contributed by atoms with E-state index in [1.165, 1.54) is 0 Å². The van der Waals surface area contributed by atoms with Crippen LogP contribution in [0.15, 0.2) is 48.7 Å². The molecule has 0 aliphatic carbocycles. The summed E-state index contributed by atoms with van der Waals surface area (Å²) < 4.78 is 11.1. The highest BCUT2D eigenvalue weighted by atomic mass is 16.5. The number of amides is 1. The lowest BCUT2D eigenvalue weighted by molar-refractivity contribution is -0.117. The Kier molecular flexibility index (Phi) is 3.93. The number of methoxy groups -OCH3 is 1. The molecule has 0 spiro atoms. The summed E-state index contributed by atoms with van der Waals surface area (Å²) in [7, 11) is 1.63. The van der Waals surface area contributed by atoms with Crippen LogP contribution in [0.25, 0.3) is 11.1 Å². The van der Waals surface area contributed by atoms with Gasteiger partial charge in [0.25, 0.3) is 0 Å². The number of rotatable bonds is 4. The summed E-state index contributed by atoms with van der Waals surface area (Å²) in [5.41, 5.74) is 4.75. The number of benzene rings is 2. The van der Waals surface area contributed by atoms with Crippen LogP contribution in [-0.2, 0) is 11.4 Å². The Labute approximate surface area is 162 Å². The molecule has 2 aromatic carbocycles. The van der Waals surface area contributed by atoms with E-state index in [4.69, 9.17) is 9.47 Å². The van der Waals surface area contributed by atoms with Crippen LogP contribution in [0.1, 0.15) is 12.1 Å². The van der Waals surface area contributed by atoms with Crippen LogP contribution < -0.4 is 19.7 Å². The van der Waals surface area contributed by atoms with Gasteiger partial charge in [-0.25, -0.2) is 0 Å². The van der Waals surface area contributed by atoms with E-state index in [-0.39, 0.29) is 11.9 Å². The molecule has 2 aliphatic rings. The summed E-state index contributed by atoms with van der Waals surface area (Å²) in [5.74, 6) is 1.60. The number of nitrogens with one attached hydrogen (secondary N) is 2. The lowest BCUT2D eigenvalue weighted by Crippen LogP contribution is -2.33. The van der Waals surface area contributed by atoms with Crippen LogP contribution in [0, 0.1) is 0 Å². The fraction of sp³-hybridized carbons (Fsp3) is 0.238. The molecule has 1 amide bonds. The number of fused-ring (bicyclic) bond motifs is 3. The lowest BCUT2D eigenvalue weighted by Gasteiger charge is -2.22. The zero-order chi connectivity index (χ0) is 19.1. The van der Waals surface area contributed by atoms with Crippen molar-refractivity contribution >= 4 is 17.3 Å². The third-order valence-electron chi connectivity index (χ3n) is 5.27. The van der Waals surface area contributed by atoms with E-state index in [1.54, 1.807) is 7.11 Å². The van der Waals surface area contributed by atoms with Gasteiger partial charge in [0.15, 0.2) is 0 Å². The molecule has 7 heteroatoms. The van der Waals surface area contributed by atoms with Crippen LogP contribution >= 0.6 is 0 Å². The van der Waals surface area contributed by atoms with Crippen molar-refractivity contribution in [3.8, 4) is 22.6 Å². The molecule has 28 heavy (non-hydrogen) atoms. The predicted molar refractivity (Wildman–Crippen MR) is 106 cm³/mol. The van der Waals surface area contributed by atoms with Crippen molar-refractivity contribution in [3.63, 3.8) is 0 Å². The minimum Gasteiger partial charge on any atom is -0.497 e. The van der Waals surface area contributed by atoms with E-state index in [0.29, 0.717) is 13.2 Å². The molecule has 3 aromatic rings. The molecule has 1 aromatic heterocycles. The van der Waals surface area contributed by atoms with E-state index in [2.05, 4.69) is 15.5 Å². The first-order chi connectivity index (χ1) is 13.7. The molecule has 0 radical (unpaired) electrons. The number of carbonyl (C=O) groups excluding carboxylic acids is 1. The van der Waals surface area contributed by atoms with Crippen molar-refractivity contribution in [2.24, 2.45) is 0 Å². The zero-order valence-corrected chi connectivity index (χ0v) is 15.4. The molecule has 1 saturated heterocycles. The third-order valence-corrected chi connectivity index (χ3v) is 5.27. The topological polar surface area (TPSA) is 79.5 Å². The Balaban J connectivity index is 1.36. The number of ether oxygens (including phenoxy) is 2. The van der Waals surface area contributed by atoms with Crippen LogP contribution in [0.3, 0.4) is 0 Å². The van der Waals surface area contributed by atoms with Crippen LogP contribution in [0.2, 0.25) is 0 Å². The number of carbonyl (C=O) groups is 1. The molecule has 0 bridgehead atoms. The van der Waals surface area contributed by atoms with E-state index in [9.17, 15) is 4.79 Å². The van der Waals surface area contributed by atoms with Crippen molar-refractivity contribution in [1.82, 2.24) is 10.2 Å². The quantitative estimate of drug-likeness (QED) is 0.731. The second kappa shape index (κ2) is 6.60. The Morgan fingerprint density at radius 3 is 3.07 bits per heavy atom. The molecule has 2 aliphatic heterocycles. The largest absolute Gasteiger partial charge is 0.497 e. The van der Waals surface area contributed by atoms with E-state index in [0.717, 1.165) is 46.1 Å². The van der Waals surface area contributed by atoms with Gasteiger partial charge in [0, 0.05) is 41.2 Å². The molecule has 3 heterocycles. The van der Waals surface area contributed by atoms with Crippen LogP contribution in [0.5, 0.6) is 11.5 Å². The highest BCUT2D eigenvalue weighted by molar-refractivity contribution is 6.01. The van der Waals surface area contributed by atoms with E-state index < -0.39 is 0 Å². The highest BCUT2D eigenvalue weighted by Gasteiger charge is 2.33. The fourth-order valence-electron chi connectivity index (χ4n) is 3.81. The summed E-state index contributed by atoms with van der Waals surface area (Å²) >= 11 is 0. The van der Waals surface area contributed by atoms with Crippen LogP contribution in [0.4, 0.5) is 11.4 Å². The van der Waals surface area contributed by atoms with Gasteiger partial charge in [0.1, 0.15) is 24.1 Å². The minimum atomic E-state index is -0.260. The average Bonchev–Trinajstić information content (AvgIpc) is 3.35. The second-order valence-electron chi connectivity index (χ2n) is 6.94. The monoisotopic (exact) mass is 376 g/mol. The molecule has 1 fully saturated rings. The Hall–Kier alpha value is -3.48. The molecule has 0 saturated carbocycles. The number of anilines is 2. The van der Waals surface area contributed by atoms with Crippen molar-refractivity contribution in [2.75, 3.05) is 23.9 Å². The minimum absolute atomic E-state index is 0.0579. The van der Waals surface area contributed by atoms with Gasteiger partial charge in [-0.1, -0.05) is 6.07 Å². The van der Waals surface area contributed by atoms with Crippen molar-refractivity contribution in [2.45, 2.75) is 19.1 Å². The smallest absolute Gasteiger partial charge is 0.249 e. The van der Waals surface area contributed by atoms with Gasteiger partial charge in [-0.2, -0.15) is 5.10 Å². The highest BCUT2D eigenvalue weighted by Crippen LogP contribution is 2.39. The van der Waals surface area contributed by atoms with Gasteiger partial charge < -0.3 is 19.7 Å². The first-order valence-corrected chi connectivity index (χ1v) is 9.24. The van der Waals surface area contributed by atoms with Gasteiger partial charge in [-0.05, 0) is 30.7 Å². The van der Waals surface area contributed by atoms with Gasteiger partial charge in [-0.3, -0.25) is 9.89 Å². The van der Waals surface area contributed by atoms with Gasteiger partial charge in [0.2, 0.25) is 5.91 Å². The molecular formula is C21H20N4O3. The Morgan fingerprint density at radius 1 is 1.25 bits per heavy atom. The number of aromatic amines is 1. The molecule has 1 unspecified atom stereocenters. The first-order valence-electron chi connectivity index (χ1n) is 9.24. The molecule has 7 nitrogen and oxygen atoms in total. The standard InChI is InChI=1S/C21H20N4O3/c1-27-15-4-2-3-13(9-15)23-18-7-8-25(21(18)26)14-5-6-16-17-11-22-24-19(17)12-28-20(16)10-14/h2-6,9-11,18,23H,7-8,12H2,1H3,(H,22,24). The summed E-state index contributed by atoms with van der Waals surface area (Å²) in [5, 5.41) is 10.4. The average molecular weight is 376 g/mol. The second-order valence-corrected chi connectivity index (χ2v) is 6.94. The van der Waals surface area contributed by atoms with Gasteiger partial charge >= 0.3 is 0 Å². The van der Waals surface area contributed by atoms with Crippen LogP contribution in [-0.4, -0.2) is 35.8 Å². The van der Waals surface area contributed by atoms with Gasteiger partial charge in [0.05, 0.1) is 19.0 Å². The molecule has 5 rings (SSSR count). The van der Waals surface area contributed by atoms with E-state index in [1.807, 2.05) is 53.6 Å². The van der Waals surface area contributed by atoms with Crippen molar-refractivity contribution in [3.05, 3.63) is 54.4 Å². The predicted octanol–water partition coefficient (Wildman–Crippen LogP) is 3.20. The van der Waals surface area contributed by atoms with Gasteiger partial charge in [-0.15, -0.1) is 0 Å². The fourth-order valence-corrected chi connectivity index (χ4v) is 3.81. The summed E-state index contributed by atoms with van der Waals surface area (Å²) in [6.07, 6.45) is 2.55. The number of hydrogen-bond donors (Lipinski definition) is 2. The number of H-pyrrole nitrogens is 1. The zero-order valence-electron chi connectivity index (χ0n) is 15.4. The summed E-state index contributed by atoms with van der Waals surface area (Å²) in [6, 6.07) is 13.3. The number of nitrogens with zero attached hydrogens (tertiary/aromatic N) is 2. The normalized spacial score (nSPS) is 17.7. The molecule has 2 N–H and O–H groups in total. The molecular weight excluding hydrogens is 356 g/mol. The molecule has 1 atom stereocenters. The first kappa shape index (κ1) is 16.7. The Bertz CT molecular complexity index is 1050. The maximum atomic E-state index is 13.0. The summed E-state index contributed by atoms with van der Waals surface area (Å²) in [4.78, 5) is 14.8. The van der Waals surface area contributed by atoms with Crippen molar-refractivity contribution in [1.29, 1.82) is 0 Å². The SMILES string of the molecule is COc1cccc(NC2CCN(c3ccc4c(c3)OCc3[nH]ncc3-4)C2=O)c1. The third kappa shape index (κ3) is 2.76. The lowest BCUT2D eigenvalue weighted by atomic mass is 10.0. The number of aromatic nitrogens is 2. The number of hydrogen-bond acceptors (Lipinski definition) is 5. The van der Waals surface area contributed by atoms with Crippen molar-refractivity contribution < 1.29 is 14.3 Å². The van der Waals surface area contributed by atoms with E-state index >= 15 is 0 Å². The maximum Gasteiger partial charge on any atom is 0.249 e.